The molecule has 2 rings (SSSR count). The van der Waals surface area contributed by atoms with Gasteiger partial charge in [0.05, 0.1) is 18.0 Å². The third kappa shape index (κ3) is 5.48. The number of benzene rings is 1. The third-order valence-electron chi connectivity index (χ3n) is 3.53. The topological polar surface area (TPSA) is 105 Å². The lowest BCUT2D eigenvalue weighted by molar-refractivity contribution is -0.131. The fraction of sp³-hybridized carbons (Fsp3) is 0.222. The Balaban J connectivity index is 1.90. The average Bonchev–Trinajstić information content (AvgIpc) is 2.59. The van der Waals surface area contributed by atoms with Crippen LogP contribution in [-0.4, -0.2) is 28.0 Å². The van der Waals surface area contributed by atoms with Crippen LogP contribution in [0, 0.1) is 12.3 Å². The number of nitrogens with two attached hydrogens (primary N) is 1. The molecule has 0 aliphatic rings. The molecular weight excluding hydrogens is 306 g/mol. The fourth-order valence-electron chi connectivity index (χ4n) is 2.24. The summed E-state index contributed by atoms with van der Waals surface area (Å²) in [4.78, 5) is 27.6. The standard InChI is InChI=1S/C18H20N3O3/c19-17(23)16(18(24)21-14-7-4-10-20-12-14)11-15(22)9-8-13-5-2-1-3-6-13/h1-7,9-10,12,15-16,22H,8,11H2,(H2,19,23)(H,21,24)/t15-,16+/m0/s1. The van der Waals surface area contributed by atoms with Crippen LogP contribution in [0.25, 0.3) is 0 Å². The summed E-state index contributed by atoms with van der Waals surface area (Å²) in [5, 5.41) is 12.7. The van der Waals surface area contributed by atoms with Gasteiger partial charge in [-0.2, -0.15) is 0 Å². The number of aromatic nitrogens is 1. The van der Waals surface area contributed by atoms with Crippen molar-refractivity contribution in [1.82, 2.24) is 4.98 Å². The van der Waals surface area contributed by atoms with Gasteiger partial charge in [-0.15, -0.1) is 0 Å². The van der Waals surface area contributed by atoms with Gasteiger partial charge in [0.1, 0.15) is 5.92 Å². The summed E-state index contributed by atoms with van der Waals surface area (Å²) in [6.45, 7) is 0. The molecular formula is C18H20N3O3. The van der Waals surface area contributed by atoms with Crippen LogP contribution in [0.5, 0.6) is 0 Å². The smallest absolute Gasteiger partial charge is 0.237 e. The van der Waals surface area contributed by atoms with E-state index >= 15 is 0 Å². The van der Waals surface area contributed by atoms with Crippen LogP contribution < -0.4 is 11.1 Å². The van der Waals surface area contributed by atoms with Gasteiger partial charge >= 0.3 is 0 Å². The largest absolute Gasteiger partial charge is 0.393 e. The lowest BCUT2D eigenvalue weighted by Crippen LogP contribution is -2.37. The first-order chi connectivity index (χ1) is 11.6. The van der Waals surface area contributed by atoms with E-state index < -0.39 is 23.8 Å². The number of hydrogen-bond acceptors (Lipinski definition) is 4. The molecule has 0 fully saturated rings. The van der Waals surface area contributed by atoms with Gasteiger partial charge in [-0.05, 0) is 37.0 Å². The van der Waals surface area contributed by atoms with E-state index in [0.29, 0.717) is 12.1 Å². The quantitative estimate of drug-likeness (QED) is 0.636. The molecule has 6 nitrogen and oxygen atoms in total. The summed E-state index contributed by atoms with van der Waals surface area (Å²) < 4.78 is 0. The molecule has 24 heavy (non-hydrogen) atoms. The number of rotatable bonds is 8. The molecule has 0 bridgehead atoms. The minimum Gasteiger partial charge on any atom is -0.393 e. The Labute approximate surface area is 140 Å². The molecule has 1 aromatic carbocycles. The molecule has 1 heterocycles. The lowest BCUT2D eigenvalue weighted by atomic mass is 9.96. The summed E-state index contributed by atoms with van der Waals surface area (Å²) in [5.74, 6) is -2.45. The van der Waals surface area contributed by atoms with Crippen LogP contribution in [0.15, 0.2) is 54.9 Å². The Morgan fingerprint density at radius 3 is 2.58 bits per heavy atom. The normalized spacial score (nSPS) is 13.0. The number of hydrogen-bond donors (Lipinski definition) is 3. The number of nitrogens with one attached hydrogen (secondary N) is 1. The van der Waals surface area contributed by atoms with Crippen molar-refractivity contribution in [2.24, 2.45) is 11.7 Å². The van der Waals surface area contributed by atoms with Crippen molar-refractivity contribution in [2.45, 2.75) is 18.9 Å². The van der Waals surface area contributed by atoms with Crippen molar-refractivity contribution in [3.05, 3.63) is 66.8 Å². The van der Waals surface area contributed by atoms with Gasteiger partial charge < -0.3 is 16.2 Å². The molecule has 4 N–H and O–H groups in total. The maximum Gasteiger partial charge on any atom is 0.237 e. The Morgan fingerprint density at radius 2 is 1.96 bits per heavy atom. The number of primary amides is 1. The zero-order chi connectivity index (χ0) is 17.4. The van der Waals surface area contributed by atoms with Crippen molar-refractivity contribution in [1.29, 1.82) is 0 Å². The molecule has 0 saturated heterocycles. The zero-order valence-corrected chi connectivity index (χ0v) is 13.1. The first-order valence-corrected chi connectivity index (χ1v) is 7.62. The number of pyridine rings is 1. The highest BCUT2D eigenvalue weighted by atomic mass is 16.3. The van der Waals surface area contributed by atoms with Gasteiger partial charge in [-0.3, -0.25) is 14.6 Å². The van der Waals surface area contributed by atoms with Gasteiger partial charge in [-0.1, -0.05) is 30.3 Å². The van der Waals surface area contributed by atoms with Crippen molar-refractivity contribution in [2.75, 3.05) is 5.32 Å². The van der Waals surface area contributed by atoms with Gasteiger partial charge in [-0.25, -0.2) is 0 Å². The summed E-state index contributed by atoms with van der Waals surface area (Å²) in [6.07, 6.45) is 4.26. The molecule has 125 valence electrons. The van der Waals surface area contributed by atoms with Crippen molar-refractivity contribution in [3.8, 4) is 0 Å². The number of anilines is 1. The molecule has 1 aromatic heterocycles. The second kappa shape index (κ2) is 8.79. The molecule has 0 aliphatic carbocycles. The molecule has 0 aliphatic heterocycles. The second-order valence-corrected chi connectivity index (χ2v) is 5.41. The Bertz CT molecular complexity index is 662. The molecule has 2 aromatic rings. The highest BCUT2D eigenvalue weighted by molar-refractivity contribution is 6.05. The van der Waals surface area contributed by atoms with Gasteiger partial charge in [0.25, 0.3) is 0 Å². The van der Waals surface area contributed by atoms with Gasteiger partial charge in [0.2, 0.25) is 11.8 Å². The van der Waals surface area contributed by atoms with E-state index in [1.165, 1.54) is 6.20 Å². The highest BCUT2D eigenvalue weighted by Gasteiger charge is 2.27. The number of carbonyl (C=O) groups is 2. The molecule has 2 atom stereocenters. The van der Waals surface area contributed by atoms with Gasteiger partial charge in [0, 0.05) is 6.20 Å². The minimum atomic E-state index is -1.12. The number of amides is 2. The molecule has 6 heteroatoms. The van der Waals surface area contributed by atoms with Crippen LogP contribution in [-0.2, 0) is 16.0 Å². The molecule has 0 unspecified atom stereocenters. The van der Waals surface area contributed by atoms with Crippen LogP contribution in [0.2, 0.25) is 0 Å². The van der Waals surface area contributed by atoms with E-state index in [4.69, 9.17) is 5.73 Å². The number of carbonyl (C=O) groups excluding carboxylic acids is 2. The second-order valence-electron chi connectivity index (χ2n) is 5.41. The fourth-order valence-corrected chi connectivity index (χ4v) is 2.24. The molecule has 0 spiro atoms. The first kappa shape index (κ1) is 17.6. The summed E-state index contributed by atoms with van der Waals surface area (Å²) >= 11 is 0. The van der Waals surface area contributed by atoms with E-state index in [-0.39, 0.29) is 6.42 Å². The summed E-state index contributed by atoms with van der Waals surface area (Å²) in [7, 11) is 0. The predicted molar refractivity (Wildman–Crippen MR) is 90.6 cm³/mol. The number of nitrogens with zero attached hydrogens (tertiary/aromatic N) is 1. The highest BCUT2D eigenvalue weighted by Crippen LogP contribution is 2.14. The molecule has 1 radical (unpaired) electrons. The van der Waals surface area contributed by atoms with Crippen molar-refractivity contribution >= 4 is 17.5 Å². The van der Waals surface area contributed by atoms with Crippen molar-refractivity contribution in [3.63, 3.8) is 0 Å². The third-order valence-corrected chi connectivity index (χ3v) is 3.53. The van der Waals surface area contributed by atoms with Gasteiger partial charge in [0.15, 0.2) is 0 Å². The lowest BCUT2D eigenvalue weighted by Gasteiger charge is -2.17. The molecule has 2 amide bonds. The summed E-state index contributed by atoms with van der Waals surface area (Å²) in [5.41, 5.74) is 6.81. The monoisotopic (exact) mass is 326 g/mol. The maximum atomic E-state index is 12.2. The summed E-state index contributed by atoms with van der Waals surface area (Å²) in [6, 6.07) is 12.9. The Kier molecular flexibility index (Phi) is 6.45. The van der Waals surface area contributed by atoms with Crippen molar-refractivity contribution < 1.29 is 14.7 Å². The Morgan fingerprint density at radius 1 is 1.21 bits per heavy atom. The van der Waals surface area contributed by atoms with E-state index in [1.54, 1.807) is 24.8 Å². The number of aliphatic hydroxyl groups excluding tert-OH is 1. The van der Waals surface area contributed by atoms with E-state index in [9.17, 15) is 14.7 Å². The van der Waals surface area contributed by atoms with E-state index in [1.807, 2.05) is 30.3 Å². The average molecular weight is 326 g/mol. The minimum absolute atomic E-state index is 0.0612. The van der Waals surface area contributed by atoms with Crippen LogP contribution in [0.4, 0.5) is 5.69 Å². The van der Waals surface area contributed by atoms with Crippen LogP contribution in [0.1, 0.15) is 12.0 Å². The number of aliphatic hydroxyl groups is 1. The maximum absolute atomic E-state index is 12.2. The zero-order valence-electron chi connectivity index (χ0n) is 13.1. The Hall–Kier alpha value is -2.73. The predicted octanol–water partition coefficient (Wildman–Crippen LogP) is 1.32. The SMILES string of the molecule is NC(=O)[C@@H](C[C@@H](O)[CH]Cc1ccccc1)C(=O)Nc1cccnc1. The molecule has 0 saturated carbocycles. The van der Waals surface area contributed by atoms with Crippen LogP contribution in [0.3, 0.4) is 0 Å². The van der Waals surface area contributed by atoms with E-state index in [2.05, 4.69) is 10.3 Å². The first-order valence-electron chi connectivity index (χ1n) is 7.62. The van der Waals surface area contributed by atoms with Crippen LogP contribution >= 0.6 is 0 Å². The van der Waals surface area contributed by atoms with E-state index in [0.717, 1.165) is 5.56 Å².